The molecular weight excluding hydrogens is 1070 g/mol. The number of benzene rings is 3. The van der Waals surface area contributed by atoms with E-state index in [1.54, 1.807) is 40.1 Å². The van der Waals surface area contributed by atoms with Crippen molar-refractivity contribution in [2.45, 2.75) is 77.6 Å². The molecule has 0 bridgehead atoms. The molecule has 0 spiro atoms. The third-order valence-electron chi connectivity index (χ3n) is 14.5. The first-order valence-electron chi connectivity index (χ1n) is 26.4. The van der Waals surface area contributed by atoms with Gasteiger partial charge in [-0.1, -0.05) is 62.4 Å². The fourth-order valence-electron chi connectivity index (χ4n) is 10.2. The molecule has 3 aliphatic heterocycles. The number of aliphatic imine (C=N–C) groups is 1. The van der Waals surface area contributed by atoms with Crippen LogP contribution >= 0.6 is 11.6 Å². The number of anilines is 1. The number of nitrogens with two attached hydrogens (primary N) is 1. The number of carbonyl (C=O) groups is 3. The number of piperazine rings is 1. The Balaban J connectivity index is 0.848. The van der Waals surface area contributed by atoms with Crippen LogP contribution in [0.2, 0.25) is 5.02 Å². The van der Waals surface area contributed by atoms with Crippen LogP contribution < -0.4 is 25.4 Å². The lowest BCUT2D eigenvalue weighted by Gasteiger charge is -2.35. The number of carbonyl (C=O) groups excluding carboxylic acids is 3. The van der Waals surface area contributed by atoms with Crippen LogP contribution in [0.3, 0.4) is 0 Å². The van der Waals surface area contributed by atoms with E-state index in [1.165, 1.54) is 37.3 Å². The van der Waals surface area contributed by atoms with Crippen molar-refractivity contribution in [2.24, 2.45) is 22.6 Å². The maximum Gasteiger partial charge on any atom is 0.410 e. The number of hydrogen-bond donors (Lipinski definition) is 2. The van der Waals surface area contributed by atoms with E-state index in [2.05, 4.69) is 36.9 Å². The molecule has 3 saturated heterocycles. The minimum atomic E-state index is -4.57. The number of halogens is 7. The zero-order chi connectivity index (χ0) is 57.4. The molecule has 5 aromatic rings. The van der Waals surface area contributed by atoms with Gasteiger partial charge in [0.2, 0.25) is 17.7 Å². The summed E-state index contributed by atoms with van der Waals surface area (Å²) in [6.45, 7) is 14.6. The number of nitrogens with zero attached hydrogens (tertiary/aromatic N) is 8. The van der Waals surface area contributed by atoms with Gasteiger partial charge in [-0.3, -0.25) is 19.3 Å². The van der Waals surface area contributed by atoms with Crippen molar-refractivity contribution < 1.29 is 54.7 Å². The predicted molar refractivity (Wildman–Crippen MR) is 290 cm³/mol. The molecule has 3 atom stereocenters. The fraction of sp³-hybridized carbons (Fsp3) is 0.421. The van der Waals surface area contributed by atoms with E-state index < -0.39 is 41.6 Å². The number of likely N-dealkylation sites (tertiary alicyclic amines) is 2. The van der Waals surface area contributed by atoms with Crippen LogP contribution in [0.25, 0.3) is 22.0 Å². The minimum Gasteiger partial charge on any atom is -0.475 e. The number of nitrogens with one attached hydrogen (secondary N) is 1. The molecule has 3 unspecified atom stereocenters. The van der Waals surface area contributed by atoms with Crippen molar-refractivity contribution in [2.75, 3.05) is 70.5 Å². The summed E-state index contributed by atoms with van der Waals surface area (Å²) in [5.41, 5.74) is 6.27. The fourth-order valence-corrected chi connectivity index (χ4v) is 10.5. The largest absolute Gasteiger partial charge is 0.475 e. The maximum atomic E-state index is 16.5. The topological polar surface area (TPSA) is 185 Å². The number of amides is 3. The Morgan fingerprint density at radius 2 is 1.65 bits per heavy atom. The third-order valence-corrected chi connectivity index (χ3v) is 14.8. The first kappa shape index (κ1) is 58.7. The summed E-state index contributed by atoms with van der Waals surface area (Å²) in [6, 6.07) is 12.2. The molecule has 3 amide bonds. The van der Waals surface area contributed by atoms with Crippen LogP contribution in [-0.4, -0.2) is 132 Å². The van der Waals surface area contributed by atoms with Gasteiger partial charge in [0.05, 0.1) is 23.2 Å². The monoisotopic (exact) mass is 1130 g/mol. The number of fused-ring (bicyclic) bond motifs is 1. The SMILES string of the molecule is C=CC(=O)N1CCN(c2nc(OCCN3CCC(COc4cc(C(C(=O)N5CCCC5C(=O)NC(C)c5ccc(-c6c(F)cccc6F)cc5)C(C)C)on4)CC3)nc3c(F)c(C=N/C(N)=C\C(C)=C\C(F)(F)F)c(Cl)cc23)CC1. The number of allylic oxidation sites excluding steroid dienone is 3. The summed E-state index contributed by atoms with van der Waals surface area (Å²) in [5.74, 6) is -3.17. The van der Waals surface area contributed by atoms with Gasteiger partial charge in [-0.15, -0.1) is 0 Å². The van der Waals surface area contributed by atoms with Crippen LogP contribution in [-0.2, 0) is 14.4 Å². The number of ether oxygens (including phenoxy) is 2. The smallest absolute Gasteiger partial charge is 0.410 e. The van der Waals surface area contributed by atoms with Gasteiger partial charge in [-0.25, -0.2) is 18.2 Å². The Bertz CT molecular complexity index is 3130. The molecule has 23 heteroatoms. The summed E-state index contributed by atoms with van der Waals surface area (Å²) in [4.78, 5) is 60.7. The lowest BCUT2D eigenvalue weighted by Crippen LogP contribution is -2.48. The third kappa shape index (κ3) is 14.3. The standard InChI is InChI=1S/C57H63ClF6N10O6/c1-6-48(75)72-21-23-73(24-22-72)53-39-28-41(58)40(31-66-46(65)27-34(4)30-57(62,63)64)51(61)52(39)68-56(69-53)78-26-25-71-19-16-36(17-20-71)32-79-47-29-45(80-70-47)49(33(2)3)55(77)74-18-8-11-44(74)54(76)67-35(5)37-12-14-38(15-13-37)50-42(59)9-7-10-43(50)60/h6-7,9-10,12-15,27-31,33,35-36,44,49H,1,8,11,16-26,32,65H2,2-5H3,(H,67,76)/b34-30+,46-27-,66-31?. The number of alkyl halides is 3. The van der Waals surface area contributed by atoms with E-state index in [0.29, 0.717) is 88.9 Å². The number of hydrogen-bond acceptors (Lipinski definition) is 13. The normalized spacial score (nSPS) is 17.9. The molecule has 5 heterocycles. The highest BCUT2D eigenvalue weighted by Crippen LogP contribution is 2.36. The van der Waals surface area contributed by atoms with Crippen LogP contribution in [0.5, 0.6) is 11.9 Å². The van der Waals surface area contributed by atoms with E-state index in [4.69, 9.17) is 31.3 Å². The molecule has 3 fully saturated rings. The van der Waals surface area contributed by atoms with Gasteiger partial charge in [0, 0.05) is 68.6 Å². The van der Waals surface area contributed by atoms with Crippen LogP contribution in [0.15, 0.2) is 100 Å². The second-order valence-electron chi connectivity index (χ2n) is 20.5. The Kier molecular flexibility index (Phi) is 18.9. The zero-order valence-electron chi connectivity index (χ0n) is 44.7. The van der Waals surface area contributed by atoms with E-state index in [0.717, 1.165) is 30.7 Å². The highest BCUT2D eigenvalue weighted by Gasteiger charge is 2.41. The molecule has 2 aromatic heterocycles. The van der Waals surface area contributed by atoms with Gasteiger partial charge in [-0.05, 0) is 117 Å². The summed E-state index contributed by atoms with van der Waals surface area (Å²) >= 11 is 6.58. The lowest BCUT2D eigenvalue weighted by atomic mass is 9.91. The summed E-state index contributed by atoms with van der Waals surface area (Å²) < 4.78 is 102. The maximum absolute atomic E-state index is 16.5. The second kappa shape index (κ2) is 25.8. The molecule has 0 aliphatic carbocycles. The molecule has 16 nitrogen and oxygen atoms in total. The Morgan fingerprint density at radius 1 is 0.950 bits per heavy atom. The number of rotatable bonds is 19. The van der Waals surface area contributed by atoms with E-state index >= 15 is 4.39 Å². The quantitative estimate of drug-likeness (QED) is 0.0346. The van der Waals surface area contributed by atoms with Gasteiger partial charge in [0.1, 0.15) is 47.4 Å². The van der Waals surface area contributed by atoms with E-state index in [-0.39, 0.29) is 92.6 Å². The van der Waals surface area contributed by atoms with Crippen molar-refractivity contribution in [3.05, 3.63) is 130 Å². The van der Waals surface area contributed by atoms with Gasteiger partial charge in [0.25, 0.3) is 5.88 Å². The molecule has 0 radical (unpaired) electrons. The van der Waals surface area contributed by atoms with E-state index in [1.807, 2.05) is 25.7 Å². The first-order chi connectivity index (χ1) is 38.2. The molecular formula is C57H63ClF6N10O6. The molecule has 80 heavy (non-hydrogen) atoms. The van der Waals surface area contributed by atoms with Crippen molar-refractivity contribution in [3.63, 3.8) is 0 Å². The minimum absolute atomic E-state index is 0.0609. The van der Waals surface area contributed by atoms with Crippen LogP contribution in [0.1, 0.15) is 82.2 Å². The molecule has 3 aliphatic rings. The van der Waals surface area contributed by atoms with Gasteiger partial charge < -0.3 is 39.7 Å². The van der Waals surface area contributed by atoms with Gasteiger partial charge >= 0.3 is 12.2 Å². The van der Waals surface area contributed by atoms with Crippen LogP contribution in [0.4, 0.5) is 32.2 Å². The first-order valence-corrected chi connectivity index (χ1v) is 26.8. The van der Waals surface area contributed by atoms with Crippen molar-refractivity contribution in [3.8, 4) is 23.0 Å². The predicted octanol–water partition coefficient (Wildman–Crippen LogP) is 9.70. The Hall–Kier alpha value is -7.46. The van der Waals surface area contributed by atoms with Gasteiger partial charge in [0.15, 0.2) is 11.6 Å². The average Bonchev–Trinajstić information content (AvgIpc) is 4.15. The Morgan fingerprint density at radius 3 is 2.31 bits per heavy atom. The average molecular weight is 1130 g/mol. The zero-order valence-corrected chi connectivity index (χ0v) is 45.5. The van der Waals surface area contributed by atoms with Gasteiger partial charge in [-0.2, -0.15) is 23.1 Å². The summed E-state index contributed by atoms with van der Waals surface area (Å²) in [5, 5.41) is 7.36. The molecule has 8 rings (SSSR count). The second-order valence-corrected chi connectivity index (χ2v) is 20.9. The van der Waals surface area contributed by atoms with Crippen molar-refractivity contribution >= 4 is 52.3 Å². The highest BCUT2D eigenvalue weighted by atomic mass is 35.5. The molecule has 3 aromatic carbocycles. The Labute approximate surface area is 464 Å². The molecule has 3 N–H and O–H groups in total. The van der Waals surface area contributed by atoms with E-state index in [9.17, 15) is 36.3 Å². The number of aromatic nitrogens is 3. The number of piperidine rings is 1. The lowest BCUT2D eigenvalue weighted by molar-refractivity contribution is -0.141. The summed E-state index contributed by atoms with van der Waals surface area (Å²) in [7, 11) is 0. The highest BCUT2D eigenvalue weighted by molar-refractivity contribution is 6.34. The van der Waals surface area contributed by atoms with Crippen molar-refractivity contribution in [1.29, 1.82) is 0 Å². The molecule has 426 valence electrons. The van der Waals surface area contributed by atoms with Crippen LogP contribution in [0, 0.1) is 29.3 Å². The molecule has 0 saturated carbocycles. The summed E-state index contributed by atoms with van der Waals surface area (Å²) in [6.07, 6.45) is 1.43. The van der Waals surface area contributed by atoms with Crippen molar-refractivity contribution in [1.82, 2.24) is 35.1 Å².